The van der Waals surface area contributed by atoms with Crippen LogP contribution in [-0.4, -0.2) is 23.5 Å². The molecule has 0 radical (unpaired) electrons. The summed E-state index contributed by atoms with van der Waals surface area (Å²) in [7, 11) is 0. The summed E-state index contributed by atoms with van der Waals surface area (Å²) in [5, 5.41) is 3.45. The number of pyridine rings is 1. The zero-order chi connectivity index (χ0) is 11.8. The molecule has 0 aromatic carbocycles. The first-order chi connectivity index (χ1) is 8.25. The number of halogens is 1. The predicted molar refractivity (Wildman–Crippen MR) is 67.5 cm³/mol. The summed E-state index contributed by atoms with van der Waals surface area (Å²) in [6, 6.07) is 1.71. The fourth-order valence-corrected chi connectivity index (χ4v) is 2.76. The Hall–Kier alpha value is -1.29. The molecule has 2 aliphatic rings. The zero-order valence-corrected chi connectivity index (χ0v) is 10.2. The Kier molecular flexibility index (Phi) is 2.67. The molecule has 1 amide bonds. The molecule has 0 spiro atoms. The van der Waals surface area contributed by atoms with Gasteiger partial charge in [0.05, 0.1) is 10.7 Å². The van der Waals surface area contributed by atoms with Crippen molar-refractivity contribution in [2.45, 2.75) is 31.7 Å². The van der Waals surface area contributed by atoms with Crippen LogP contribution >= 0.6 is 11.6 Å². The lowest BCUT2D eigenvalue weighted by molar-refractivity contribution is -0.117. The maximum atomic E-state index is 12.0. The summed E-state index contributed by atoms with van der Waals surface area (Å²) in [5.74, 6) is 0.935. The first kappa shape index (κ1) is 10.8. The van der Waals surface area contributed by atoms with Crippen molar-refractivity contribution in [3.05, 3.63) is 17.3 Å². The van der Waals surface area contributed by atoms with Crippen LogP contribution in [0, 0.1) is 0 Å². The van der Waals surface area contributed by atoms with Crippen LogP contribution in [0.15, 0.2) is 12.3 Å². The van der Waals surface area contributed by atoms with E-state index in [4.69, 9.17) is 11.6 Å². The minimum Gasteiger partial charge on any atom is -0.343 e. The average Bonchev–Trinajstić information content (AvgIpc) is 2.54. The van der Waals surface area contributed by atoms with E-state index < -0.39 is 0 Å². The minimum absolute atomic E-state index is 0.0568. The van der Waals surface area contributed by atoms with Crippen LogP contribution in [0.5, 0.6) is 0 Å². The van der Waals surface area contributed by atoms with Crippen molar-refractivity contribution in [3.8, 4) is 0 Å². The summed E-state index contributed by atoms with van der Waals surface area (Å²) in [6.07, 6.45) is 5.96. The lowest BCUT2D eigenvalue weighted by atomic mass is 10.1. The van der Waals surface area contributed by atoms with E-state index in [1.807, 2.05) is 0 Å². The van der Waals surface area contributed by atoms with Crippen molar-refractivity contribution < 1.29 is 4.79 Å². The molecule has 17 heavy (non-hydrogen) atoms. The molecule has 4 nitrogen and oxygen atoms in total. The van der Waals surface area contributed by atoms with Gasteiger partial charge in [0.15, 0.2) is 5.82 Å². The van der Waals surface area contributed by atoms with Crippen LogP contribution in [-0.2, 0) is 4.79 Å². The molecule has 1 saturated heterocycles. The van der Waals surface area contributed by atoms with Crippen LogP contribution in [0.1, 0.15) is 25.7 Å². The van der Waals surface area contributed by atoms with Crippen molar-refractivity contribution in [2.24, 2.45) is 0 Å². The number of anilines is 2. The van der Waals surface area contributed by atoms with Gasteiger partial charge in [-0.05, 0) is 18.9 Å². The molecular weight excluding hydrogens is 238 g/mol. The number of nitrogens with zero attached hydrogens (tertiary/aromatic N) is 2. The summed E-state index contributed by atoms with van der Waals surface area (Å²) < 4.78 is 0. The maximum Gasteiger partial charge on any atom is 0.247 e. The van der Waals surface area contributed by atoms with Crippen molar-refractivity contribution in [1.29, 1.82) is 0 Å². The van der Waals surface area contributed by atoms with Crippen molar-refractivity contribution >= 4 is 29.0 Å². The Balaban J connectivity index is 2.04. The third-order valence-corrected chi connectivity index (χ3v) is 3.63. The highest BCUT2D eigenvalue weighted by Crippen LogP contribution is 2.34. The SMILES string of the molecule is O=C1Nc2cc(Cl)cnc2N2CCCCCC12. The van der Waals surface area contributed by atoms with Crippen LogP contribution < -0.4 is 10.2 Å². The van der Waals surface area contributed by atoms with Crippen LogP contribution in [0.2, 0.25) is 5.02 Å². The van der Waals surface area contributed by atoms with Gasteiger partial charge in [-0.15, -0.1) is 0 Å². The Labute approximate surface area is 105 Å². The number of nitrogens with one attached hydrogen (secondary N) is 1. The number of carbonyl (C=O) groups is 1. The summed E-state index contributed by atoms with van der Waals surface area (Å²) in [5.41, 5.74) is 0.737. The normalized spacial score (nSPS) is 23.5. The summed E-state index contributed by atoms with van der Waals surface area (Å²) >= 11 is 5.90. The second-order valence-corrected chi connectivity index (χ2v) is 5.01. The van der Waals surface area contributed by atoms with Gasteiger partial charge in [0.2, 0.25) is 5.91 Å². The number of aromatic nitrogens is 1. The van der Waals surface area contributed by atoms with Crippen molar-refractivity contribution in [2.75, 3.05) is 16.8 Å². The number of fused-ring (bicyclic) bond motifs is 3. The monoisotopic (exact) mass is 251 g/mol. The van der Waals surface area contributed by atoms with Gasteiger partial charge in [-0.25, -0.2) is 4.98 Å². The van der Waals surface area contributed by atoms with Gasteiger partial charge in [0.1, 0.15) is 6.04 Å². The van der Waals surface area contributed by atoms with Crippen LogP contribution in [0.25, 0.3) is 0 Å². The lowest BCUT2D eigenvalue weighted by Crippen LogP contribution is -2.48. The molecule has 1 aromatic heterocycles. The molecule has 5 heteroatoms. The number of carbonyl (C=O) groups excluding carboxylic acids is 1. The van der Waals surface area contributed by atoms with E-state index in [0.717, 1.165) is 37.3 Å². The fraction of sp³-hybridized carbons (Fsp3) is 0.500. The van der Waals surface area contributed by atoms with Gasteiger partial charge < -0.3 is 10.2 Å². The van der Waals surface area contributed by atoms with Gasteiger partial charge in [0, 0.05) is 12.7 Å². The average molecular weight is 252 g/mol. The van der Waals surface area contributed by atoms with Gasteiger partial charge in [-0.1, -0.05) is 24.4 Å². The molecule has 90 valence electrons. The van der Waals surface area contributed by atoms with E-state index in [0.29, 0.717) is 5.02 Å². The molecular formula is C12H14ClN3O. The highest BCUT2D eigenvalue weighted by molar-refractivity contribution is 6.31. The Bertz CT molecular complexity index is 463. The second kappa shape index (κ2) is 4.18. The van der Waals surface area contributed by atoms with E-state index in [2.05, 4.69) is 15.2 Å². The molecule has 0 aliphatic carbocycles. The first-order valence-electron chi connectivity index (χ1n) is 5.99. The molecule has 1 aromatic rings. The molecule has 1 N–H and O–H groups in total. The molecule has 1 unspecified atom stereocenters. The van der Waals surface area contributed by atoms with E-state index in [-0.39, 0.29) is 11.9 Å². The van der Waals surface area contributed by atoms with E-state index in [9.17, 15) is 4.79 Å². The number of rotatable bonds is 0. The molecule has 3 heterocycles. The largest absolute Gasteiger partial charge is 0.343 e. The van der Waals surface area contributed by atoms with Crippen LogP contribution in [0.3, 0.4) is 0 Å². The van der Waals surface area contributed by atoms with Gasteiger partial charge in [-0.3, -0.25) is 4.79 Å². The van der Waals surface area contributed by atoms with E-state index in [1.165, 1.54) is 6.42 Å². The quantitative estimate of drug-likeness (QED) is 0.770. The minimum atomic E-state index is -0.0568. The number of amides is 1. The Morgan fingerprint density at radius 3 is 3.18 bits per heavy atom. The topological polar surface area (TPSA) is 45.2 Å². The van der Waals surface area contributed by atoms with E-state index >= 15 is 0 Å². The van der Waals surface area contributed by atoms with Crippen molar-refractivity contribution in [1.82, 2.24) is 4.98 Å². The molecule has 0 bridgehead atoms. The third kappa shape index (κ3) is 1.86. The second-order valence-electron chi connectivity index (χ2n) is 4.57. The van der Waals surface area contributed by atoms with E-state index in [1.54, 1.807) is 12.3 Å². The lowest BCUT2D eigenvalue weighted by Gasteiger charge is -2.35. The third-order valence-electron chi connectivity index (χ3n) is 3.42. The Morgan fingerprint density at radius 2 is 2.29 bits per heavy atom. The maximum absolute atomic E-state index is 12.0. The molecule has 2 aliphatic heterocycles. The standard InChI is InChI=1S/C12H14ClN3O/c13-8-6-9-11(14-7-8)16-5-3-1-2-4-10(16)12(17)15-9/h6-7,10H,1-5H2,(H,15,17). The molecule has 1 fully saturated rings. The first-order valence-corrected chi connectivity index (χ1v) is 6.36. The van der Waals surface area contributed by atoms with Gasteiger partial charge >= 0.3 is 0 Å². The van der Waals surface area contributed by atoms with Crippen molar-refractivity contribution in [3.63, 3.8) is 0 Å². The van der Waals surface area contributed by atoms with Crippen LogP contribution in [0.4, 0.5) is 11.5 Å². The predicted octanol–water partition coefficient (Wildman–Crippen LogP) is 2.44. The number of hydrogen-bond donors (Lipinski definition) is 1. The summed E-state index contributed by atoms with van der Waals surface area (Å²) in [6.45, 7) is 0.902. The smallest absolute Gasteiger partial charge is 0.247 e. The van der Waals surface area contributed by atoms with Gasteiger partial charge in [-0.2, -0.15) is 0 Å². The molecule has 1 atom stereocenters. The highest BCUT2D eigenvalue weighted by Gasteiger charge is 2.34. The number of hydrogen-bond acceptors (Lipinski definition) is 3. The van der Waals surface area contributed by atoms with Gasteiger partial charge in [0.25, 0.3) is 0 Å². The molecule has 3 rings (SSSR count). The summed E-state index contributed by atoms with van der Waals surface area (Å²) in [4.78, 5) is 18.5. The Morgan fingerprint density at radius 1 is 1.41 bits per heavy atom. The fourth-order valence-electron chi connectivity index (χ4n) is 2.60. The molecule has 0 saturated carbocycles. The zero-order valence-electron chi connectivity index (χ0n) is 9.45. The highest BCUT2D eigenvalue weighted by atomic mass is 35.5.